The Morgan fingerprint density at radius 2 is 2.09 bits per heavy atom. The number of hydrogen-bond donors (Lipinski definition) is 1. The molecule has 1 atom stereocenters. The van der Waals surface area contributed by atoms with Crippen molar-refractivity contribution in [2.45, 2.75) is 26.4 Å². The van der Waals surface area contributed by atoms with Crippen molar-refractivity contribution < 1.29 is 18.0 Å². The first-order chi connectivity index (χ1) is 10.2. The Bertz CT molecular complexity index is 543. The highest BCUT2D eigenvalue weighted by Gasteiger charge is 2.34. The summed E-state index contributed by atoms with van der Waals surface area (Å²) in [7, 11) is 0. The van der Waals surface area contributed by atoms with Gasteiger partial charge in [-0.2, -0.15) is 13.2 Å². The fourth-order valence-electron chi connectivity index (χ4n) is 2.88. The summed E-state index contributed by atoms with van der Waals surface area (Å²) in [6, 6.07) is 5.60. The van der Waals surface area contributed by atoms with Crippen LogP contribution in [0.4, 0.5) is 13.2 Å². The van der Waals surface area contributed by atoms with Crippen LogP contribution in [-0.4, -0.2) is 43.2 Å². The predicted octanol–water partition coefficient (Wildman–Crippen LogP) is 2.92. The zero-order chi connectivity index (χ0) is 16.3. The van der Waals surface area contributed by atoms with Crippen molar-refractivity contribution in [1.82, 2.24) is 10.2 Å². The summed E-state index contributed by atoms with van der Waals surface area (Å²) in [6.45, 7) is 4.20. The van der Waals surface area contributed by atoms with Crippen LogP contribution in [0.15, 0.2) is 18.2 Å². The van der Waals surface area contributed by atoms with E-state index in [0.717, 1.165) is 11.1 Å². The number of nitrogens with zero attached hydrogens (tertiary/aromatic N) is 1. The Morgan fingerprint density at radius 3 is 2.73 bits per heavy atom. The second-order valence-electron chi connectivity index (χ2n) is 6.03. The molecule has 0 aliphatic carbocycles. The van der Waals surface area contributed by atoms with Gasteiger partial charge in [0.25, 0.3) is 5.91 Å². The van der Waals surface area contributed by atoms with E-state index in [9.17, 15) is 18.0 Å². The van der Waals surface area contributed by atoms with E-state index in [1.54, 1.807) is 6.07 Å². The smallest absolute Gasteiger partial charge is 0.352 e. The van der Waals surface area contributed by atoms with Crippen LogP contribution >= 0.6 is 0 Å². The third-order valence-corrected chi connectivity index (χ3v) is 3.95. The summed E-state index contributed by atoms with van der Waals surface area (Å²) in [4.78, 5) is 13.5. The Labute approximate surface area is 128 Å². The van der Waals surface area contributed by atoms with Gasteiger partial charge in [0, 0.05) is 18.7 Å². The summed E-state index contributed by atoms with van der Waals surface area (Å²) in [5, 5.41) is 2.84. The van der Waals surface area contributed by atoms with Gasteiger partial charge in [-0.25, -0.2) is 0 Å². The number of nitrogens with one attached hydrogen (secondary N) is 1. The largest absolute Gasteiger partial charge is 0.401 e. The van der Waals surface area contributed by atoms with E-state index < -0.39 is 12.7 Å². The number of hydrogen-bond acceptors (Lipinski definition) is 2. The lowest BCUT2D eigenvalue weighted by molar-refractivity contribution is -0.143. The molecule has 22 heavy (non-hydrogen) atoms. The minimum atomic E-state index is -4.16. The minimum Gasteiger partial charge on any atom is -0.352 e. The first-order valence-corrected chi connectivity index (χ1v) is 7.39. The monoisotopic (exact) mass is 314 g/mol. The number of aryl methyl sites for hydroxylation is 2. The van der Waals surface area contributed by atoms with Gasteiger partial charge < -0.3 is 5.32 Å². The van der Waals surface area contributed by atoms with Gasteiger partial charge in [0.05, 0.1) is 6.54 Å². The molecule has 1 saturated heterocycles. The number of rotatable bonds is 4. The third kappa shape index (κ3) is 4.73. The first kappa shape index (κ1) is 16.8. The van der Waals surface area contributed by atoms with Crippen LogP contribution in [0.5, 0.6) is 0 Å². The van der Waals surface area contributed by atoms with E-state index in [-0.39, 0.29) is 11.8 Å². The van der Waals surface area contributed by atoms with Crippen LogP contribution in [0.2, 0.25) is 0 Å². The molecule has 3 nitrogen and oxygen atoms in total. The zero-order valence-electron chi connectivity index (χ0n) is 12.8. The predicted molar refractivity (Wildman–Crippen MR) is 78.9 cm³/mol. The Balaban J connectivity index is 1.82. The molecule has 1 aromatic carbocycles. The maximum Gasteiger partial charge on any atom is 0.401 e. The molecule has 0 radical (unpaired) electrons. The van der Waals surface area contributed by atoms with E-state index in [2.05, 4.69) is 5.32 Å². The van der Waals surface area contributed by atoms with Crippen molar-refractivity contribution in [2.75, 3.05) is 26.2 Å². The van der Waals surface area contributed by atoms with Crippen molar-refractivity contribution in [3.05, 3.63) is 34.9 Å². The molecule has 0 saturated carbocycles. The van der Waals surface area contributed by atoms with E-state index in [4.69, 9.17) is 0 Å². The van der Waals surface area contributed by atoms with Crippen molar-refractivity contribution in [1.29, 1.82) is 0 Å². The van der Waals surface area contributed by atoms with Crippen LogP contribution in [0.25, 0.3) is 0 Å². The van der Waals surface area contributed by atoms with Crippen molar-refractivity contribution in [3.8, 4) is 0 Å². The summed E-state index contributed by atoms with van der Waals surface area (Å²) in [5.41, 5.74) is 2.62. The Hall–Kier alpha value is -1.56. The van der Waals surface area contributed by atoms with E-state index in [1.807, 2.05) is 26.0 Å². The molecule has 1 aliphatic rings. The van der Waals surface area contributed by atoms with Gasteiger partial charge in [-0.05, 0) is 44.4 Å². The van der Waals surface area contributed by atoms with Gasteiger partial charge in [0.1, 0.15) is 0 Å². The van der Waals surface area contributed by atoms with Gasteiger partial charge in [-0.1, -0.05) is 17.7 Å². The van der Waals surface area contributed by atoms with Crippen LogP contribution in [0.1, 0.15) is 27.9 Å². The van der Waals surface area contributed by atoms with Crippen molar-refractivity contribution in [2.24, 2.45) is 5.92 Å². The maximum atomic E-state index is 12.3. The molecule has 1 fully saturated rings. The molecule has 1 amide bonds. The maximum absolute atomic E-state index is 12.3. The number of carbonyl (C=O) groups is 1. The van der Waals surface area contributed by atoms with Gasteiger partial charge in [0.15, 0.2) is 0 Å². The number of carbonyl (C=O) groups excluding carboxylic acids is 1. The fourth-order valence-corrected chi connectivity index (χ4v) is 2.88. The molecule has 2 rings (SSSR count). The number of likely N-dealkylation sites (tertiary alicyclic amines) is 1. The molecule has 1 aromatic rings. The molecule has 122 valence electrons. The molecule has 1 heterocycles. The Morgan fingerprint density at radius 1 is 1.36 bits per heavy atom. The molecule has 1 unspecified atom stereocenters. The van der Waals surface area contributed by atoms with E-state index in [1.165, 1.54) is 4.90 Å². The molecular weight excluding hydrogens is 293 g/mol. The molecule has 0 spiro atoms. The number of benzene rings is 1. The average molecular weight is 314 g/mol. The molecule has 1 N–H and O–H groups in total. The van der Waals surface area contributed by atoms with Crippen molar-refractivity contribution in [3.63, 3.8) is 0 Å². The van der Waals surface area contributed by atoms with Gasteiger partial charge in [-0.15, -0.1) is 0 Å². The lowest BCUT2D eigenvalue weighted by Gasteiger charge is -2.18. The number of amides is 1. The lowest BCUT2D eigenvalue weighted by atomic mass is 10.0. The minimum absolute atomic E-state index is 0.0806. The Kier molecular flexibility index (Phi) is 5.11. The average Bonchev–Trinajstić information content (AvgIpc) is 2.81. The topological polar surface area (TPSA) is 32.3 Å². The first-order valence-electron chi connectivity index (χ1n) is 7.39. The van der Waals surface area contributed by atoms with Crippen LogP contribution in [-0.2, 0) is 0 Å². The van der Waals surface area contributed by atoms with E-state index >= 15 is 0 Å². The molecular formula is C16H21F3N2O. The quantitative estimate of drug-likeness (QED) is 0.927. The summed E-state index contributed by atoms with van der Waals surface area (Å²) < 4.78 is 37.0. The second kappa shape index (κ2) is 6.69. The SMILES string of the molecule is Cc1ccc(C(=O)NCC2CCN(CC(F)(F)F)C2)c(C)c1. The highest BCUT2D eigenvalue weighted by Crippen LogP contribution is 2.22. The molecule has 6 heteroatoms. The summed E-state index contributed by atoms with van der Waals surface area (Å²) in [6.07, 6.45) is -3.47. The van der Waals surface area contributed by atoms with Gasteiger partial charge >= 0.3 is 6.18 Å². The van der Waals surface area contributed by atoms with Crippen LogP contribution < -0.4 is 5.32 Å². The zero-order valence-corrected chi connectivity index (χ0v) is 12.8. The highest BCUT2D eigenvalue weighted by atomic mass is 19.4. The molecule has 0 aromatic heterocycles. The van der Waals surface area contributed by atoms with Crippen LogP contribution in [0.3, 0.4) is 0 Å². The standard InChI is InChI=1S/C16H21F3N2O/c1-11-3-4-14(12(2)7-11)15(22)20-8-13-5-6-21(9-13)10-16(17,18)19/h3-4,7,13H,5-6,8-10H2,1-2H3,(H,20,22). The summed E-state index contributed by atoms with van der Waals surface area (Å²) >= 11 is 0. The van der Waals surface area contributed by atoms with Crippen molar-refractivity contribution >= 4 is 5.91 Å². The van der Waals surface area contributed by atoms with Gasteiger partial charge in [0.2, 0.25) is 0 Å². The van der Waals surface area contributed by atoms with Crippen LogP contribution in [0, 0.1) is 19.8 Å². The highest BCUT2D eigenvalue weighted by molar-refractivity contribution is 5.95. The normalized spacial score (nSPS) is 19.4. The molecule has 0 bridgehead atoms. The van der Waals surface area contributed by atoms with E-state index in [0.29, 0.717) is 31.6 Å². The number of halogens is 3. The molecule has 1 aliphatic heterocycles. The fraction of sp³-hybridized carbons (Fsp3) is 0.562. The number of alkyl halides is 3. The third-order valence-electron chi connectivity index (χ3n) is 3.95. The second-order valence-corrected chi connectivity index (χ2v) is 6.03. The van der Waals surface area contributed by atoms with Gasteiger partial charge in [-0.3, -0.25) is 9.69 Å². The summed E-state index contributed by atoms with van der Waals surface area (Å²) in [5.74, 6) is -0.0798. The lowest BCUT2D eigenvalue weighted by Crippen LogP contribution is -2.34.